The second-order valence-electron chi connectivity index (χ2n) is 3.85. The van der Waals surface area contributed by atoms with Gasteiger partial charge in [-0.3, -0.25) is 0 Å². The Labute approximate surface area is 102 Å². The molecule has 0 saturated heterocycles. The Kier molecular flexibility index (Phi) is 5.31. The van der Waals surface area contributed by atoms with Crippen molar-refractivity contribution in [2.75, 3.05) is 19.0 Å². The molecule has 2 unspecified atom stereocenters. The smallest absolute Gasteiger partial charge is 0.174 e. The van der Waals surface area contributed by atoms with Crippen molar-refractivity contribution in [3.8, 4) is 11.8 Å². The molecule has 1 aromatic rings. The molecule has 0 spiro atoms. The maximum Gasteiger partial charge on any atom is 0.174 e. The van der Waals surface area contributed by atoms with Crippen LogP contribution in [-0.2, 0) is 4.74 Å². The molecule has 0 aromatic heterocycles. The van der Waals surface area contributed by atoms with Gasteiger partial charge in [-0.25, -0.2) is 0 Å². The number of benzene rings is 1. The molecule has 0 bridgehead atoms. The molecule has 92 valence electrons. The third kappa shape index (κ3) is 4.33. The van der Waals surface area contributed by atoms with Crippen LogP contribution in [0, 0.1) is 11.3 Å². The summed E-state index contributed by atoms with van der Waals surface area (Å²) in [5.41, 5.74) is 0.955. The maximum absolute atomic E-state index is 8.44. The van der Waals surface area contributed by atoms with Crippen LogP contribution in [0.25, 0.3) is 0 Å². The lowest BCUT2D eigenvalue weighted by Gasteiger charge is -2.21. The van der Waals surface area contributed by atoms with E-state index in [-0.39, 0.29) is 18.8 Å². The van der Waals surface area contributed by atoms with Crippen molar-refractivity contribution in [2.24, 2.45) is 0 Å². The standard InChI is InChI=1S/C13H18N2O2/c1-10(11(2)16-3)15-12-5-4-6-13(9-12)17-8-7-14/h4-6,9-11,15H,8H2,1-3H3. The van der Waals surface area contributed by atoms with Crippen LogP contribution in [0.15, 0.2) is 24.3 Å². The second kappa shape index (κ2) is 6.77. The fourth-order valence-electron chi connectivity index (χ4n) is 1.38. The lowest BCUT2D eigenvalue weighted by atomic mass is 10.2. The molecule has 0 aliphatic heterocycles. The molecule has 0 aliphatic rings. The van der Waals surface area contributed by atoms with Gasteiger partial charge >= 0.3 is 0 Å². The molecule has 4 nitrogen and oxygen atoms in total. The monoisotopic (exact) mass is 234 g/mol. The summed E-state index contributed by atoms with van der Waals surface area (Å²) in [6.07, 6.45) is 0.124. The first-order valence-corrected chi connectivity index (χ1v) is 5.56. The number of nitrogens with zero attached hydrogens (tertiary/aromatic N) is 1. The number of nitrogens with one attached hydrogen (secondary N) is 1. The van der Waals surface area contributed by atoms with Crippen LogP contribution in [-0.4, -0.2) is 25.9 Å². The van der Waals surface area contributed by atoms with E-state index in [0.29, 0.717) is 5.75 Å². The molecule has 4 heteroatoms. The summed E-state index contributed by atoms with van der Waals surface area (Å²) in [6, 6.07) is 9.68. The van der Waals surface area contributed by atoms with Gasteiger partial charge in [0, 0.05) is 24.9 Å². The fraction of sp³-hybridized carbons (Fsp3) is 0.462. The molecule has 2 atom stereocenters. The molecule has 0 fully saturated rings. The summed E-state index contributed by atoms with van der Waals surface area (Å²) in [5, 5.41) is 11.8. The van der Waals surface area contributed by atoms with Crippen LogP contribution in [0.1, 0.15) is 13.8 Å². The van der Waals surface area contributed by atoms with E-state index in [0.717, 1.165) is 5.69 Å². The van der Waals surface area contributed by atoms with Crippen molar-refractivity contribution in [3.63, 3.8) is 0 Å². The molecule has 0 radical (unpaired) electrons. The summed E-state index contributed by atoms with van der Waals surface area (Å²) in [6.45, 7) is 4.12. The van der Waals surface area contributed by atoms with E-state index in [2.05, 4.69) is 12.2 Å². The highest BCUT2D eigenvalue weighted by Crippen LogP contribution is 2.18. The third-order valence-electron chi connectivity index (χ3n) is 2.61. The van der Waals surface area contributed by atoms with Crippen LogP contribution in [0.4, 0.5) is 5.69 Å². The number of anilines is 1. The van der Waals surface area contributed by atoms with Gasteiger partial charge in [0.25, 0.3) is 0 Å². The van der Waals surface area contributed by atoms with E-state index in [4.69, 9.17) is 14.7 Å². The number of rotatable bonds is 6. The highest BCUT2D eigenvalue weighted by molar-refractivity contribution is 5.48. The van der Waals surface area contributed by atoms with Gasteiger partial charge in [-0.05, 0) is 26.0 Å². The zero-order valence-electron chi connectivity index (χ0n) is 10.4. The molecule has 0 saturated carbocycles. The minimum atomic E-state index is 0.0630. The van der Waals surface area contributed by atoms with E-state index in [1.807, 2.05) is 37.3 Å². The quantitative estimate of drug-likeness (QED) is 0.821. The molecular weight excluding hydrogens is 216 g/mol. The summed E-state index contributed by atoms with van der Waals surface area (Å²) in [4.78, 5) is 0. The summed E-state index contributed by atoms with van der Waals surface area (Å²) >= 11 is 0. The average molecular weight is 234 g/mol. The summed E-state index contributed by atoms with van der Waals surface area (Å²) < 4.78 is 10.5. The SMILES string of the molecule is COC(C)C(C)Nc1cccc(OCC#N)c1. The zero-order chi connectivity index (χ0) is 12.7. The van der Waals surface area contributed by atoms with Gasteiger partial charge in [0.05, 0.1) is 6.10 Å². The minimum absolute atomic E-state index is 0.0630. The third-order valence-corrected chi connectivity index (χ3v) is 2.61. The van der Waals surface area contributed by atoms with Gasteiger partial charge in [0.2, 0.25) is 0 Å². The van der Waals surface area contributed by atoms with Crippen molar-refractivity contribution in [1.29, 1.82) is 5.26 Å². The van der Waals surface area contributed by atoms with Gasteiger partial charge in [0.1, 0.15) is 11.8 Å². The van der Waals surface area contributed by atoms with Crippen molar-refractivity contribution in [1.82, 2.24) is 0 Å². The number of nitriles is 1. The molecule has 0 aliphatic carbocycles. The number of hydrogen-bond acceptors (Lipinski definition) is 4. The van der Waals surface area contributed by atoms with E-state index in [1.54, 1.807) is 7.11 Å². The topological polar surface area (TPSA) is 54.3 Å². The Morgan fingerprint density at radius 2 is 2.18 bits per heavy atom. The summed E-state index contributed by atoms with van der Waals surface area (Å²) in [7, 11) is 1.69. The van der Waals surface area contributed by atoms with E-state index in [1.165, 1.54) is 0 Å². The Bertz CT molecular complexity index is 387. The largest absolute Gasteiger partial charge is 0.479 e. The van der Waals surface area contributed by atoms with Crippen LogP contribution in [0.5, 0.6) is 5.75 Å². The van der Waals surface area contributed by atoms with Gasteiger partial charge in [-0.15, -0.1) is 0 Å². The van der Waals surface area contributed by atoms with Crippen molar-refractivity contribution in [3.05, 3.63) is 24.3 Å². The van der Waals surface area contributed by atoms with Gasteiger partial charge in [-0.1, -0.05) is 6.07 Å². The van der Waals surface area contributed by atoms with E-state index in [9.17, 15) is 0 Å². The Morgan fingerprint density at radius 1 is 1.41 bits per heavy atom. The predicted molar refractivity (Wildman–Crippen MR) is 67.1 cm³/mol. The van der Waals surface area contributed by atoms with E-state index >= 15 is 0 Å². The molecule has 1 aromatic carbocycles. The molecule has 1 N–H and O–H groups in total. The highest BCUT2D eigenvalue weighted by Gasteiger charge is 2.10. The first-order valence-electron chi connectivity index (χ1n) is 5.56. The fourth-order valence-corrected chi connectivity index (χ4v) is 1.38. The molecule has 0 heterocycles. The predicted octanol–water partition coefficient (Wildman–Crippen LogP) is 2.42. The van der Waals surface area contributed by atoms with Crippen LogP contribution >= 0.6 is 0 Å². The molecular formula is C13H18N2O2. The van der Waals surface area contributed by atoms with Crippen molar-refractivity contribution in [2.45, 2.75) is 26.0 Å². The number of ether oxygens (including phenoxy) is 2. The maximum atomic E-state index is 8.44. The molecule has 17 heavy (non-hydrogen) atoms. The van der Waals surface area contributed by atoms with E-state index < -0.39 is 0 Å². The number of hydrogen-bond donors (Lipinski definition) is 1. The first-order chi connectivity index (χ1) is 8.17. The normalized spacial score (nSPS) is 13.5. The molecule has 1 rings (SSSR count). The second-order valence-corrected chi connectivity index (χ2v) is 3.85. The summed E-state index contributed by atoms with van der Waals surface area (Å²) in [5.74, 6) is 0.689. The average Bonchev–Trinajstić information content (AvgIpc) is 2.35. The Balaban J connectivity index is 2.62. The van der Waals surface area contributed by atoms with Crippen molar-refractivity contribution >= 4 is 5.69 Å². The van der Waals surface area contributed by atoms with Gasteiger partial charge in [-0.2, -0.15) is 5.26 Å². The Hall–Kier alpha value is -1.73. The van der Waals surface area contributed by atoms with Gasteiger partial charge < -0.3 is 14.8 Å². The first kappa shape index (κ1) is 13.3. The molecule has 0 amide bonds. The Morgan fingerprint density at radius 3 is 2.82 bits per heavy atom. The lowest BCUT2D eigenvalue weighted by molar-refractivity contribution is 0.106. The van der Waals surface area contributed by atoms with Crippen LogP contribution in [0.2, 0.25) is 0 Å². The lowest BCUT2D eigenvalue weighted by Crippen LogP contribution is -2.29. The zero-order valence-corrected chi connectivity index (χ0v) is 10.4. The minimum Gasteiger partial charge on any atom is -0.479 e. The van der Waals surface area contributed by atoms with Crippen LogP contribution < -0.4 is 10.1 Å². The van der Waals surface area contributed by atoms with Crippen molar-refractivity contribution < 1.29 is 9.47 Å². The number of methoxy groups -OCH3 is 1. The highest BCUT2D eigenvalue weighted by atomic mass is 16.5. The van der Waals surface area contributed by atoms with Crippen LogP contribution in [0.3, 0.4) is 0 Å². The van der Waals surface area contributed by atoms with Gasteiger partial charge in [0.15, 0.2) is 6.61 Å².